The minimum absolute atomic E-state index is 0.0698. The lowest BCUT2D eigenvalue weighted by molar-refractivity contribution is 0.747. The molecule has 0 spiro atoms. The Kier molecular flexibility index (Phi) is 4.52. The van der Waals surface area contributed by atoms with Gasteiger partial charge in [-0.05, 0) is 49.1 Å². The van der Waals surface area contributed by atoms with E-state index in [9.17, 15) is 4.79 Å². The third-order valence-electron chi connectivity index (χ3n) is 4.55. The van der Waals surface area contributed by atoms with Crippen LogP contribution >= 0.6 is 11.8 Å². The summed E-state index contributed by atoms with van der Waals surface area (Å²) in [6.07, 6.45) is 0. The van der Waals surface area contributed by atoms with E-state index in [1.165, 1.54) is 0 Å². The van der Waals surface area contributed by atoms with Gasteiger partial charge in [-0.15, -0.1) is 10.2 Å². The number of para-hydroxylation sites is 1. The molecule has 6 heteroatoms. The number of fused-ring (bicyclic) bond motifs is 3. The summed E-state index contributed by atoms with van der Waals surface area (Å²) in [5.41, 5.74) is 3.75. The van der Waals surface area contributed by atoms with E-state index in [1.807, 2.05) is 54.6 Å². The van der Waals surface area contributed by atoms with E-state index in [0.717, 1.165) is 33.2 Å². The van der Waals surface area contributed by atoms with Crippen molar-refractivity contribution in [3.05, 3.63) is 63.9 Å². The molecule has 0 N–H and O–H groups in total. The van der Waals surface area contributed by atoms with E-state index < -0.39 is 0 Å². The van der Waals surface area contributed by atoms with Gasteiger partial charge in [-0.2, -0.15) is 0 Å². The van der Waals surface area contributed by atoms with Gasteiger partial charge >= 0.3 is 0 Å². The zero-order valence-corrected chi connectivity index (χ0v) is 16.7. The molecular formula is C21H22N4OS. The third-order valence-corrected chi connectivity index (χ3v) is 5.90. The van der Waals surface area contributed by atoms with Gasteiger partial charge in [0, 0.05) is 5.75 Å². The van der Waals surface area contributed by atoms with Crippen molar-refractivity contribution in [3.63, 3.8) is 0 Å². The highest BCUT2D eigenvalue weighted by Gasteiger charge is 2.19. The first kappa shape index (κ1) is 17.8. The van der Waals surface area contributed by atoms with Crippen LogP contribution in [0, 0.1) is 19.8 Å². The van der Waals surface area contributed by atoms with Crippen LogP contribution in [0.3, 0.4) is 0 Å². The molecule has 2 aromatic heterocycles. The summed E-state index contributed by atoms with van der Waals surface area (Å²) in [7, 11) is 0. The predicted molar refractivity (Wildman–Crippen MR) is 111 cm³/mol. The van der Waals surface area contributed by atoms with Gasteiger partial charge in [0.1, 0.15) is 0 Å². The van der Waals surface area contributed by atoms with Crippen molar-refractivity contribution in [1.82, 2.24) is 19.2 Å². The quantitative estimate of drug-likeness (QED) is 0.494. The summed E-state index contributed by atoms with van der Waals surface area (Å²) in [6, 6.07) is 13.8. The Balaban J connectivity index is 2.11. The second-order valence-electron chi connectivity index (χ2n) is 7.27. The average Bonchev–Trinajstić information content (AvgIpc) is 3.07. The van der Waals surface area contributed by atoms with Crippen LogP contribution in [0.1, 0.15) is 25.0 Å². The molecule has 0 aliphatic carbocycles. The van der Waals surface area contributed by atoms with E-state index in [2.05, 4.69) is 30.1 Å². The lowest BCUT2D eigenvalue weighted by Gasteiger charge is -2.14. The maximum atomic E-state index is 13.4. The molecular weight excluding hydrogens is 356 g/mol. The summed E-state index contributed by atoms with van der Waals surface area (Å²) in [4.78, 5) is 13.4. The first-order valence-electron chi connectivity index (χ1n) is 9.06. The number of rotatable bonds is 4. The second kappa shape index (κ2) is 6.85. The summed E-state index contributed by atoms with van der Waals surface area (Å²) >= 11 is 1.67. The number of benzene rings is 2. The Morgan fingerprint density at radius 1 is 1.07 bits per heavy atom. The number of nitrogens with zero attached hydrogens (tertiary/aromatic N) is 4. The maximum Gasteiger partial charge on any atom is 0.267 e. The molecule has 0 amide bonds. The molecule has 0 saturated heterocycles. The molecule has 4 rings (SSSR count). The van der Waals surface area contributed by atoms with Gasteiger partial charge in [-0.1, -0.05) is 49.9 Å². The van der Waals surface area contributed by atoms with Crippen molar-refractivity contribution in [2.24, 2.45) is 5.92 Å². The molecule has 4 aromatic rings. The van der Waals surface area contributed by atoms with Crippen molar-refractivity contribution < 1.29 is 0 Å². The van der Waals surface area contributed by atoms with E-state index in [1.54, 1.807) is 16.3 Å². The molecule has 5 nitrogen and oxygen atoms in total. The fourth-order valence-corrected chi connectivity index (χ4v) is 4.08. The monoisotopic (exact) mass is 378 g/mol. The van der Waals surface area contributed by atoms with E-state index in [-0.39, 0.29) is 5.56 Å². The van der Waals surface area contributed by atoms with Crippen LogP contribution in [-0.2, 0) is 0 Å². The molecule has 0 bridgehead atoms. The van der Waals surface area contributed by atoms with Gasteiger partial charge in [-0.25, -0.2) is 4.57 Å². The Labute approximate surface area is 162 Å². The van der Waals surface area contributed by atoms with Crippen LogP contribution in [0.15, 0.2) is 52.4 Å². The van der Waals surface area contributed by atoms with Gasteiger partial charge in [0.2, 0.25) is 5.78 Å². The Bertz CT molecular complexity index is 1210. The fraction of sp³-hybridized carbons (Fsp3) is 0.286. The number of aromatic nitrogens is 4. The van der Waals surface area contributed by atoms with Crippen molar-refractivity contribution in [1.29, 1.82) is 0 Å². The fourth-order valence-electron chi connectivity index (χ4n) is 3.19. The van der Waals surface area contributed by atoms with Gasteiger partial charge in [-0.3, -0.25) is 9.20 Å². The van der Waals surface area contributed by atoms with Crippen molar-refractivity contribution in [2.75, 3.05) is 5.75 Å². The van der Waals surface area contributed by atoms with Crippen molar-refractivity contribution in [3.8, 4) is 5.69 Å². The van der Waals surface area contributed by atoms with E-state index in [4.69, 9.17) is 0 Å². The molecule has 0 atom stereocenters. The van der Waals surface area contributed by atoms with Crippen LogP contribution in [0.4, 0.5) is 0 Å². The Morgan fingerprint density at radius 3 is 2.63 bits per heavy atom. The number of aryl methyl sites for hydroxylation is 2. The molecule has 0 saturated carbocycles. The van der Waals surface area contributed by atoms with Gasteiger partial charge in [0.05, 0.1) is 16.6 Å². The molecule has 0 radical (unpaired) electrons. The number of thioether (sulfide) groups is 1. The highest BCUT2D eigenvalue weighted by molar-refractivity contribution is 7.99. The van der Waals surface area contributed by atoms with E-state index in [0.29, 0.717) is 17.1 Å². The highest BCUT2D eigenvalue weighted by Crippen LogP contribution is 2.25. The molecule has 0 fully saturated rings. The Hall–Kier alpha value is -2.60. The molecule has 0 unspecified atom stereocenters. The lowest BCUT2D eigenvalue weighted by Crippen LogP contribution is -2.22. The van der Waals surface area contributed by atoms with Crippen LogP contribution < -0.4 is 5.56 Å². The van der Waals surface area contributed by atoms with Gasteiger partial charge < -0.3 is 0 Å². The first-order chi connectivity index (χ1) is 13.0. The van der Waals surface area contributed by atoms with Gasteiger partial charge in [0.25, 0.3) is 5.56 Å². The SMILES string of the molecule is Cc1ccc(C)c(-n2c(=O)c3ccccc3n3c(SCC(C)C)nnc23)c1. The Morgan fingerprint density at radius 2 is 1.85 bits per heavy atom. The molecule has 2 aromatic carbocycles. The maximum absolute atomic E-state index is 13.4. The molecule has 2 heterocycles. The third kappa shape index (κ3) is 3.04. The first-order valence-corrected chi connectivity index (χ1v) is 10.0. The summed E-state index contributed by atoms with van der Waals surface area (Å²) in [5.74, 6) is 2.04. The van der Waals surface area contributed by atoms with Gasteiger partial charge in [0.15, 0.2) is 5.16 Å². The van der Waals surface area contributed by atoms with Crippen molar-refractivity contribution in [2.45, 2.75) is 32.9 Å². The molecule has 27 heavy (non-hydrogen) atoms. The summed E-state index contributed by atoms with van der Waals surface area (Å²) in [5, 5.41) is 10.3. The highest BCUT2D eigenvalue weighted by atomic mass is 32.2. The van der Waals surface area contributed by atoms with Crippen LogP contribution in [0.25, 0.3) is 22.4 Å². The molecule has 138 valence electrons. The summed E-state index contributed by atoms with van der Waals surface area (Å²) in [6.45, 7) is 8.40. The van der Waals surface area contributed by atoms with Crippen LogP contribution in [-0.4, -0.2) is 24.9 Å². The van der Waals surface area contributed by atoms with Crippen molar-refractivity contribution >= 4 is 28.4 Å². The standard InChI is InChI=1S/C21H22N4OS/c1-13(2)12-27-21-23-22-20-24(18-11-14(3)9-10-15(18)4)19(26)16-7-5-6-8-17(16)25(20)21/h5-11,13H,12H2,1-4H3. The summed E-state index contributed by atoms with van der Waals surface area (Å²) < 4.78 is 3.70. The van der Waals surface area contributed by atoms with E-state index >= 15 is 0 Å². The second-order valence-corrected chi connectivity index (χ2v) is 8.26. The topological polar surface area (TPSA) is 52.2 Å². The number of hydrogen-bond donors (Lipinski definition) is 0. The molecule has 0 aliphatic heterocycles. The molecule has 0 aliphatic rings. The average molecular weight is 379 g/mol. The smallest absolute Gasteiger partial charge is 0.267 e. The normalized spacial score (nSPS) is 11.7. The van der Waals surface area contributed by atoms with Crippen LogP contribution in [0.5, 0.6) is 0 Å². The minimum Gasteiger partial charge on any atom is -0.268 e. The predicted octanol–water partition coefficient (Wildman–Crippen LogP) is 4.40. The minimum atomic E-state index is -0.0698. The zero-order valence-electron chi connectivity index (χ0n) is 15.9. The lowest BCUT2D eigenvalue weighted by atomic mass is 10.1. The zero-order chi connectivity index (χ0) is 19.1. The largest absolute Gasteiger partial charge is 0.268 e. The number of hydrogen-bond acceptors (Lipinski definition) is 4. The van der Waals surface area contributed by atoms with Crippen LogP contribution in [0.2, 0.25) is 0 Å².